The van der Waals surface area contributed by atoms with Crippen molar-refractivity contribution in [2.45, 2.75) is 13.1 Å². The maximum Gasteiger partial charge on any atom is 0.149 e. The zero-order valence-electron chi connectivity index (χ0n) is 13.4. The molecule has 4 rings (SSSR count). The molecule has 2 aromatic heterocycles. The Labute approximate surface area is 144 Å². The van der Waals surface area contributed by atoms with E-state index in [0.29, 0.717) is 23.3 Å². The number of aromatic nitrogens is 4. The lowest BCUT2D eigenvalue weighted by atomic mass is 10.1. The molecule has 0 atom stereocenters. The number of anilines is 1. The molecule has 0 radical (unpaired) electrons. The topological polar surface area (TPSA) is 55.6 Å². The number of hydrogen-bond acceptors (Lipinski definition) is 4. The van der Waals surface area contributed by atoms with Gasteiger partial charge in [-0.25, -0.2) is 19.3 Å². The van der Waals surface area contributed by atoms with Crippen LogP contribution in [0.3, 0.4) is 0 Å². The van der Waals surface area contributed by atoms with Crippen molar-refractivity contribution in [3.8, 4) is 0 Å². The first-order valence-electron chi connectivity index (χ1n) is 7.96. The summed E-state index contributed by atoms with van der Waals surface area (Å²) in [5, 5.41) is 3.94. The average Bonchev–Trinajstić information content (AvgIpc) is 3.15. The van der Waals surface area contributed by atoms with Crippen LogP contribution >= 0.6 is 0 Å². The fourth-order valence-corrected chi connectivity index (χ4v) is 2.73. The van der Waals surface area contributed by atoms with Crippen LogP contribution in [0.15, 0.2) is 67.5 Å². The van der Waals surface area contributed by atoms with Crippen LogP contribution in [0.2, 0.25) is 0 Å². The molecule has 1 N–H and O–H groups in total. The number of hydrogen-bond donors (Lipinski definition) is 1. The summed E-state index contributed by atoms with van der Waals surface area (Å²) in [7, 11) is 0. The van der Waals surface area contributed by atoms with Gasteiger partial charge in [0.2, 0.25) is 0 Å². The molecule has 0 spiro atoms. The van der Waals surface area contributed by atoms with Crippen LogP contribution in [0.1, 0.15) is 11.1 Å². The molecule has 0 unspecified atom stereocenters. The zero-order valence-corrected chi connectivity index (χ0v) is 13.4. The minimum absolute atomic E-state index is 0.329. The highest BCUT2D eigenvalue weighted by Crippen LogP contribution is 2.21. The van der Waals surface area contributed by atoms with Gasteiger partial charge in [0, 0.05) is 30.9 Å². The predicted molar refractivity (Wildman–Crippen MR) is 94.6 cm³/mol. The SMILES string of the molecule is Fc1cccc2c(NCc3ccc(Cn4ccnc4)cc3)ncnc12. The molecule has 4 aromatic rings. The molecule has 0 aliphatic carbocycles. The van der Waals surface area contributed by atoms with Gasteiger partial charge >= 0.3 is 0 Å². The lowest BCUT2D eigenvalue weighted by Crippen LogP contribution is -2.03. The Morgan fingerprint density at radius 1 is 1.00 bits per heavy atom. The second-order valence-electron chi connectivity index (χ2n) is 5.76. The average molecular weight is 333 g/mol. The third-order valence-electron chi connectivity index (χ3n) is 4.02. The predicted octanol–water partition coefficient (Wildman–Crippen LogP) is 3.63. The number of halogens is 1. The maximum atomic E-state index is 13.8. The Bertz CT molecular complexity index is 981. The Morgan fingerprint density at radius 2 is 1.84 bits per heavy atom. The van der Waals surface area contributed by atoms with E-state index >= 15 is 0 Å². The number of rotatable bonds is 5. The third kappa shape index (κ3) is 3.33. The molecule has 0 fully saturated rings. The summed E-state index contributed by atoms with van der Waals surface area (Å²) >= 11 is 0. The maximum absolute atomic E-state index is 13.8. The number of imidazole rings is 1. The summed E-state index contributed by atoms with van der Waals surface area (Å²) in [6, 6.07) is 13.2. The minimum Gasteiger partial charge on any atom is -0.365 e. The van der Waals surface area contributed by atoms with Crippen LogP contribution in [0.25, 0.3) is 10.9 Å². The van der Waals surface area contributed by atoms with E-state index in [0.717, 1.165) is 12.1 Å². The Hall–Kier alpha value is -3.28. The van der Waals surface area contributed by atoms with Gasteiger partial charge in [-0.15, -0.1) is 0 Å². The largest absolute Gasteiger partial charge is 0.365 e. The van der Waals surface area contributed by atoms with Crippen molar-refractivity contribution in [3.05, 3.63) is 84.5 Å². The van der Waals surface area contributed by atoms with Crippen LogP contribution in [0, 0.1) is 5.82 Å². The Balaban J connectivity index is 1.47. The molecular formula is C19H16FN5. The number of para-hydroxylation sites is 1. The van der Waals surface area contributed by atoms with Gasteiger partial charge < -0.3 is 9.88 Å². The van der Waals surface area contributed by atoms with E-state index < -0.39 is 0 Å². The van der Waals surface area contributed by atoms with Gasteiger partial charge in [0.25, 0.3) is 0 Å². The highest BCUT2D eigenvalue weighted by molar-refractivity contribution is 5.89. The van der Waals surface area contributed by atoms with Gasteiger partial charge in [0.05, 0.1) is 6.33 Å². The third-order valence-corrected chi connectivity index (χ3v) is 4.02. The van der Waals surface area contributed by atoms with Crippen LogP contribution in [0.5, 0.6) is 0 Å². The molecule has 2 aromatic carbocycles. The van der Waals surface area contributed by atoms with Gasteiger partial charge in [-0.2, -0.15) is 0 Å². The minimum atomic E-state index is -0.341. The fourth-order valence-electron chi connectivity index (χ4n) is 2.73. The number of fused-ring (bicyclic) bond motifs is 1. The smallest absolute Gasteiger partial charge is 0.149 e. The monoisotopic (exact) mass is 333 g/mol. The molecule has 0 amide bonds. The van der Waals surface area contributed by atoms with Crippen molar-refractivity contribution >= 4 is 16.7 Å². The van der Waals surface area contributed by atoms with Crippen molar-refractivity contribution in [1.82, 2.24) is 19.5 Å². The van der Waals surface area contributed by atoms with Crippen LogP contribution in [-0.4, -0.2) is 19.5 Å². The lowest BCUT2D eigenvalue weighted by Gasteiger charge is -2.09. The molecule has 0 saturated heterocycles. The standard InChI is InChI=1S/C19H16FN5/c20-17-3-1-2-16-18(17)23-12-24-19(16)22-10-14-4-6-15(7-5-14)11-25-9-8-21-13-25/h1-9,12-13H,10-11H2,(H,22,23,24). The molecule has 0 aliphatic rings. The number of nitrogens with one attached hydrogen (secondary N) is 1. The van der Waals surface area contributed by atoms with Crippen molar-refractivity contribution in [3.63, 3.8) is 0 Å². The van der Waals surface area contributed by atoms with Crippen LogP contribution < -0.4 is 5.32 Å². The normalized spacial score (nSPS) is 10.9. The van der Waals surface area contributed by atoms with E-state index in [2.05, 4.69) is 44.5 Å². The van der Waals surface area contributed by atoms with Crippen molar-refractivity contribution in [1.29, 1.82) is 0 Å². The Morgan fingerprint density at radius 3 is 2.64 bits per heavy atom. The molecule has 124 valence electrons. The van der Waals surface area contributed by atoms with Gasteiger partial charge in [-0.05, 0) is 23.3 Å². The number of benzene rings is 2. The van der Waals surface area contributed by atoms with Crippen molar-refractivity contribution < 1.29 is 4.39 Å². The molecule has 2 heterocycles. The van der Waals surface area contributed by atoms with Crippen molar-refractivity contribution in [2.75, 3.05) is 5.32 Å². The second-order valence-corrected chi connectivity index (χ2v) is 5.76. The molecule has 0 aliphatic heterocycles. The quantitative estimate of drug-likeness (QED) is 0.606. The lowest BCUT2D eigenvalue weighted by molar-refractivity contribution is 0.636. The first-order valence-corrected chi connectivity index (χ1v) is 7.96. The van der Waals surface area contributed by atoms with Crippen molar-refractivity contribution in [2.24, 2.45) is 0 Å². The highest BCUT2D eigenvalue weighted by atomic mass is 19.1. The first kappa shape index (κ1) is 15.3. The molecule has 0 saturated carbocycles. The van der Waals surface area contributed by atoms with E-state index in [4.69, 9.17) is 0 Å². The molecule has 0 bridgehead atoms. The van der Waals surface area contributed by atoms with E-state index in [-0.39, 0.29) is 5.82 Å². The first-order chi connectivity index (χ1) is 12.3. The second kappa shape index (κ2) is 6.68. The number of nitrogens with zero attached hydrogens (tertiary/aromatic N) is 4. The summed E-state index contributed by atoms with van der Waals surface area (Å²) in [6.07, 6.45) is 6.89. The molecular weight excluding hydrogens is 317 g/mol. The molecule has 25 heavy (non-hydrogen) atoms. The zero-order chi connectivity index (χ0) is 17.1. The van der Waals surface area contributed by atoms with Gasteiger partial charge in [-0.3, -0.25) is 0 Å². The van der Waals surface area contributed by atoms with E-state index in [1.54, 1.807) is 18.6 Å². The van der Waals surface area contributed by atoms with Crippen LogP contribution in [0.4, 0.5) is 10.2 Å². The fraction of sp³-hybridized carbons (Fsp3) is 0.105. The van der Waals surface area contributed by atoms with E-state index in [9.17, 15) is 4.39 Å². The van der Waals surface area contributed by atoms with Gasteiger partial charge in [0.1, 0.15) is 23.5 Å². The summed E-state index contributed by atoms with van der Waals surface area (Å²) in [5.74, 6) is 0.291. The molecule has 6 heteroatoms. The van der Waals surface area contributed by atoms with E-state index in [1.165, 1.54) is 18.0 Å². The summed E-state index contributed by atoms with van der Waals surface area (Å²) in [5.41, 5.74) is 2.66. The Kier molecular flexibility index (Phi) is 4.08. The molecule has 5 nitrogen and oxygen atoms in total. The summed E-state index contributed by atoms with van der Waals surface area (Å²) in [4.78, 5) is 12.3. The highest BCUT2D eigenvalue weighted by Gasteiger charge is 2.07. The van der Waals surface area contributed by atoms with E-state index in [1.807, 2.05) is 16.8 Å². The summed E-state index contributed by atoms with van der Waals surface area (Å²) in [6.45, 7) is 1.40. The van der Waals surface area contributed by atoms with Gasteiger partial charge in [-0.1, -0.05) is 30.3 Å². The van der Waals surface area contributed by atoms with Crippen LogP contribution in [-0.2, 0) is 13.1 Å². The summed E-state index contributed by atoms with van der Waals surface area (Å²) < 4.78 is 15.8. The van der Waals surface area contributed by atoms with Gasteiger partial charge in [0.15, 0.2) is 0 Å².